The van der Waals surface area contributed by atoms with E-state index in [2.05, 4.69) is 0 Å². The van der Waals surface area contributed by atoms with Crippen LogP contribution in [0.1, 0.15) is 36.4 Å². The highest BCUT2D eigenvalue weighted by Crippen LogP contribution is 2.40. The summed E-state index contributed by atoms with van der Waals surface area (Å²) in [5, 5.41) is 9.66. The van der Waals surface area contributed by atoms with Gasteiger partial charge < -0.3 is 10.8 Å². The van der Waals surface area contributed by atoms with Crippen molar-refractivity contribution in [1.29, 1.82) is 0 Å². The van der Waals surface area contributed by atoms with Crippen LogP contribution in [0.4, 0.5) is 4.39 Å². The number of hydrogen-bond donors (Lipinski definition) is 2. The normalized spacial score (nSPS) is 18.6. The first-order valence-electron chi connectivity index (χ1n) is 5.35. The quantitative estimate of drug-likeness (QED) is 0.786. The summed E-state index contributed by atoms with van der Waals surface area (Å²) >= 11 is 0. The maximum atomic E-state index is 13.2. The van der Waals surface area contributed by atoms with E-state index in [1.165, 1.54) is 12.5 Å². The summed E-state index contributed by atoms with van der Waals surface area (Å²) in [6.07, 6.45) is 3.35. The Bertz CT molecular complexity index is 374. The van der Waals surface area contributed by atoms with Gasteiger partial charge in [0.25, 0.3) is 0 Å². The van der Waals surface area contributed by atoms with Crippen molar-refractivity contribution >= 4 is 0 Å². The van der Waals surface area contributed by atoms with Crippen molar-refractivity contribution in [3.8, 4) is 5.75 Å². The van der Waals surface area contributed by atoms with Crippen LogP contribution in [0.3, 0.4) is 0 Å². The molecule has 1 atom stereocenters. The van der Waals surface area contributed by atoms with Crippen LogP contribution in [0.25, 0.3) is 0 Å². The second kappa shape index (κ2) is 3.81. The molecule has 0 aliphatic heterocycles. The van der Waals surface area contributed by atoms with Crippen LogP contribution in [-0.2, 0) is 0 Å². The van der Waals surface area contributed by atoms with Gasteiger partial charge in [0, 0.05) is 11.6 Å². The number of aromatic hydroxyl groups is 1. The minimum absolute atomic E-state index is 0.227. The topological polar surface area (TPSA) is 46.2 Å². The van der Waals surface area contributed by atoms with Crippen molar-refractivity contribution in [3.63, 3.8) is 0 Å². The molecule has 0 bridgehead atoms. The Morgan fingerprint density at radius 1 is 1.47 bits per heavy atom. The van der Waals surface area contributed by atoms with Gasteiger partial charge in [-0.25, -0.2) is 4.39 Å². The molecule has 1 aliphatic rings. The molecule has 0 unspecified atom stereocenters. The van der Waals surface area contributed by atoms with Crippen molar-refractivity contribution in [3.05, 3.63) is 29.1 Å². The fourth-order valence-corrected chi connectivity index (χ4v) is 2.14. The first-order valence-corrected chi connectivity index (χ1v) is 5.35. The molecule has 1 aliphatic carbocycles. The van der Waals surface area contributed by atoms with Gasteiger partial charge in [-0.15, -0.1) is 0 Å². The van der Waals surface area contributed by atoms with Crippen LogP contribution in [0.5, 0.6) is 5.75 Å². The molecule has 3 heteroatoms. The Labute approximate surface area is 88.9 Å². The van der Waals surface area contributed by atoms with Gasteiger partial charge in [-0.3, -0.25) is 0 Å². The minimum atomic E-state index is -0.578. The number of rotatable bonds is 2. The van der Waals surface area contributed by atoms with E-state index in [0.717, 1.165) is 18.4 Å². The molecule has 0 saturated heterocycles. The standard InChI is InChI=1S/C12H16FNO/c1-7-5-6-9(13)12(15)10(7)11(14)8-3-2-4-8/h5-6,8,11,15H,2-4,14H2,1H3/t11-/m0/s1. The van der Waals surface area contributed by atoms with E-state index in [4.69, 9.17) is 5.73 Å². The van der Waals surface area contributed by atoms with Crippen LogP contribution >= 0.6 is 0 Å². The predicted octanol–water partition coefficient (Wildman–Crippen LogP) is 2.64. The summed E-state index contributed by atoms with van der Waals surface area (Å²) in [5.41, 5.74) is 7.50. The average Bonchev–Trinajstić information content (AvgIpc) is 2.09. The average molecular weight is 209 g/mol. The van der Waals surface area contributed by atoms with Crippen LogP contribution in [0.2, 0.25) is 0 Å². The number of aryl methyl sites for hydroxylation is 1. The van der Waals surface area contributed by atoms with E-state index in [9.17, 15) is 9.50 Å². The maximum absolute atomic E-state index is 13.2. The molecule has 0 amide bonds. The lowest BCUT2D eigenvalue weighted by Crippen LogP contribution is -2.27. The van der Waals surface area contributed by atoms with Crippen LogP contribution in [-0.4, -0.2) is 5.11 Å². The zero-order valence-electron chi connectivity index (χ0n) is 8.83. The number of phenols is 1. The predicted molar refractivity (Wildman–Crippen MR) is 57.1 cm³/mol. The van der Waals surface area contributed by atoms with Gasteiger partial charge in [0.2, 0.25) is 0 Å². The lowest BCUT2D eigenvalue weighted by molar-refractivity contribution is 0.258. The molecule has 1 saturated carbocycles. The Morgan fingerprint density at radius 2 is 2.13 bits per heavy atom. The molecule has 82 valence electrons. The first-order chi connectivity index (χ1) is 7.11. The number of benzene rings is 1. The van der Waals surface area contributed by atoms with Crippen LogP contribution < -0.4 is 5.73 Å². The van der Waals surface area contributed by atoms with Gasteiger partial charge in [0.05, 0.1) is 0 Å². The Hall–Kier alpha value is -1.09. The number of nitrogens with two attached hydrogens (primary N) is 1. The highest BCUT2D eigenvalue weighted by Gasteiger charge is 2.29. The molecular weight excluding hydrogens is 193 g/mol. The third-order valence-corrected chi connectivity index (χ3v) is 3.38. The van der Waals surface area contributed by atoms with Gasteiger partial charge in [0.1, 0.15) is 0 Å². The monoisotopic (exact) mass is 209 g/mol. The van der Waals surface area contributed by atoms with E-state index in [0.29, 0.717) is 11.5 Å². The van der Waals surface area contributed by atoms with E-state index >= 15 is 0 Å². The number of hydrogen-bond acceptors (Lipinski definition) is 2. The summed E-state index contributed by atoms with van der Waals surface area (Å²) in [6.45, 7) is 1.85. The molecule has 2 nitrogen and oxygen atoms in total. The van der Waals surface area contributed by atoms with E-state index in [1.807, 2.05) is 6.92 Å². The summed E-state index contributed by atoms with van der Waals surface area (Å²) < 4.78 is 13.2. The minimum Gasteiger partial charge on any atom is -0.505 e. The fraction of sp³-hybridized carbons (Fsp3) is 0.500. The first kappa shape index (κ1) is 10.4. The Kier molecular flexibility index (Phi) is 2.65. The fourth-order valence-electron chi connectivity index (χ4n) is 2.14. The highest BCUT2D eigenvalue weighted by molar-refractivity contribution is 5.42. The van der Waals surface area contributed by atoms with Crippen molar-refractivity contribution in [2.75, 3.05) is 0 Å². The molecule has 0 radical (unpaired) electrons. The molecule has 0 aromatic heterocycles. The van der Waals surface area contributed by atoms with E-state index in [1.54, 1.807) is 6.07 Å². The largest absolute Gasteiger partial charge is 0.505 e. The Morgan fingerprint density at radius 3 is 2.67 bits per heavy atom. The SMILES string of the molecule is Cc1ccc(F)c(O)c1[C@@H](N)C1CCC1. The molecule has 1 aromatic carbocycles. The molecule has 15 heavy (non-hydrogen) atoms. The molecule has 2 rings (SSSR count). The molecule has 1 fully saturated rings. The zero-order chi connectivity index (χ0) is 11.0. The summed E-state index contributed by atoms with van der Waals surface area (Å²) in [7, 11) is 0. The van der Waals surface area contributed by atoms with Gasteiger partial charge in [0.15, 0.2) is 11.6 Å². The summed E-state index contributed by atoms with van der Waals surface area (Å²) in [6, 6.07) is 2.72. The van der Waals surface area contributed by atoms with Crippen LogP contribution in [0, 0.1) is 18.7 Å². The third kappa shape index (κ3) is 1.72. The van der Waals surface area contributed by atoms with E-state index < -0.39 is 5.82 Å². The van der Waals surface area contributed by atoms with Crippen molar-refractivity contribution in [2.45, 2.75) is 32.2 Å². The Balaban J connectivity index is 2.36. The van der Waals surface area contributed by atoms with Gasteiger partial charge >= 0.3 is 0 Å². The van der Waals surface area contributed by atoms with Gasteiger partial charge in [-0.2, -0.15) is 0 Å². The molecule has 0 spiro atoms. The maximum Gasteiger partial charge on any atom is 0.165 e. The molecule has 3 N–H and O–H groups in total. The smallest absolute Gasteiger partial charge is 0.165 e. The lowest BCUT2D eigenvalue weighted by Gasteiger charge is -2.32. The molecular formula is C12H16FNO. The van der Waals surface area contributed by atoms with Gasteiger partial charge in [-0.1, -0.05) is 12.5 Å². The van der Waals surface area contributed by atoms with E-state index in [-0.39, 0.29) is 11.8 Å². The highest BCUT2D eigenvalue weighted by atomic mass is 19.1. The molecule has 0 heterocycles. The van der Waals surface area contributed by atoms with Gasteiger partial charge in [-0.05, 0) is 37.3 Å². The third-order valence-electron chi connectivity index (χ3n) is 3.38. The summed E-state index contributed by atoms with van der Waals surface area (Å²) in [5.74, 6) is -0.448. The second-order valence-electron chi connectivity index (χ2n) is 4.34. The molecule has 1 aromatic rings. The second-order valence-corrected chi connectivity index (χ2v) is 4.34. The van der Waals surface area contributed by atoms with Crippen molar-refractivity contribution in [2.24, 2.45) is 11.7 Å². The number of phenolic OH excluding ortho intramolecular Hbond substituents is 1. The van der Waals surface area contributed by atoms with Crippen molar-refractivity contribution < 1.29 is 9.50 Å². The summed E-state index contributed by atoms with van der Waals surface area (Å²) in [4.78, 5) is 0. The van der Waals surface area contributed by atoms with Crippen molar-refractivity contribution in [1.82, 2.24) is 0 Å². The lowest BCUT2D eigenvalue weighted by atomic mass is 9.76. The van der Waals surface area contributed by atoms with Crippen LogP contribution in [0.15, 0.2) is 12.1 Å². The number of halogens is 1. The zero-order valence-corrected chi connectivity index (χ0v) is 8.83.